The average molecular weight is 1260 g/mol. The van der Waals surface area contributed by atoms with Crippen LogP contribution in [0.5, 0.6) is 5.75 Å². The summed E-state index contributed by atoms with van der Waals surface area (Å²) in [6.45, 7) is 9.36. The number of hydrogen-bond donors (Lipinski definition) is 7. The third kappa shape index (κ3) is 16.7. The number of carbonyl (C=O) groups is 9. The zero-order valence-corrected chi connectivity index (χ0v) is 50.3. The van der Waals surface area contributed by atoms with Gasteiger partial charge in [0.2, 0.25) is 23.6 Å². The first kappa shape index (κ1) is 64.5. The van der Waals surface area contributed by atoms with Crippen molar-refractivity contribution in [3.05, 3.63) is 77.5 Å². The number of piperazine rings is 1. The first-order chi connectivity index (χ1) is 41.5. The Balaban J connectivity index is 0.794. The number of likely N-dealkylation sites (N-methyl/N-ethyl adjacent to an activating group) is 1. The summed E-state index contributed by atoms with van der Waals surface area (Å²) >= 11 is 3.70. The van der Waals surface area contributed by atoms with Crippen LogP contribution in [0.4, 0.5) is 21.0 Å². The Hall–Kier alpha value is -7.53. The Morgan fingerprint density at radius 1 is 0.744 bits per heavy atom. The van der Waals surface area contributed by atoms with Gasteiger partial charge in [-0.3, -0.25) is 43.9 Å². The summed E-state index contributed by atoms with van der Waals surface area (Å²) in [5, 5.41) is 11.2. The molecule has 464 valence electrons. The maximum absolute atomic E-state index is 14.8. The fourth-order valence-corrected chi connectivity index (χ4v) is 11.2. The Labute approximate surface area is 506 Å². The van der Waals surface area contributed by atoms with Crippen molar-refractivity contribution in [3.8, 4) is 5.75 Å². The number of nitrogens with zero attached hydrogens (tertiary/aromatic N) is 5. The summed E-state index contributed by atoms with van der Waals surface area (Å²) in [5.41, 5.74) is 14.9. The van der Waals surface area contributed by atoms with Crippen molar-refractivity contribution in [2.75, 3.05) is 134 Å². The van der Waals surface area contributed by atoms with Crippen molar-refractivity contribution in [3.63, 3.8) is 0 Å². The van der Waals surface area contributed by atoms with E-state index in [-0.39, 0.29) is 94.9 Å². The maximum Gasteiger partial charge on any atom is 0.415 e. The molecule has 4 aliphatic heterocycles. The van der Waals surface area contributed by atoms with Crippen molar-refractivity contribution in [1.82, 2.24) is 46.5 Å². The number of aromatic nitrogens is 1. The van der Waals surface area contributed by atoms with Crippen molar-refractivity contribution in [2.45, 2.75) is 64.0 Å². The van der Waals surface area contributed by atoms with Crippen molar-refractivity contribution >= 4 is 102 Å². The lowest BCUT2D eigenvalue weighted by Gasteiger charge is -2.31. The van der Waals surface area contributed by atoms with Crippen LogP contribution in [-0.4, -0.2) is 209 Å². The molecule has 0 radical (unpaired) electrons. The van der Waals surface area contributed by atoms with E-state index in [0.717, 1.165) is 45.3 Å². The number of H-pyrrole nitrogens is 1. The SMILES string of the molecule is CC(C)[C@H](NNC(=O)CCOCCOCCOCCOCCNC(=O)CCN1C(=O)C=CC1=O)C(=O)N[C@@H](CCCNC(N)=O)C(=O)N1CCc2c1ccc1[nH]c(C(=O)N3C[C@@H](CBr)c4c3cc(OC(=O)N3CCN(C)CC3)c3ccccc43)cc21. The van der Waals surface area contributed by atoms with Crippen molar-refractivity contribution in [1.29, 1.82) is 0 Å². The Kier molecular flexibility index (Phi) is 23.4. The third-order valence-electron chi connectivity index (χ3n) is 15.3. The summed E-state index contributed by atoms with van der Waals surface area (Å²) in [4.78, 5) is 128. The second-order valence-corrected chi connectivity index (χ2v) is 22.2. The molecule has 1 saturated heterocycles. The topological polar surface area (TPSA) is 318 Å². The molecule has 4 aliphatic rings. The van der Waals surface area contributed by atoms with Gasteiger partial charge >= 0.3 is 12.1 Å². The van der Waals surface area contributed by atoms with Crippen molar-refractivity contribution < 1.29 is 66.8 Å². The number of aromatic amines is 1. The molecule has 0 spiro atoms. The number of anilines is 2. The number of nitrogens with two attached hydrogens (primary N) is 1. The van der Waals surface area contributed by atoms with E-state index >= 15 is 0 Å². The minimum atomic E-state index is -1.03. The predicted molar refractivity (Wildman–Crippen MR) is 322 cm³/mol. The Morgan fingerprint density at radius 3 is 2.09 bits per heavy atom. The molecule has 0 aliphatic carbocycles. The number of amides is 10. The fraction of sp³-hybridized carbons (Fsp3) is 0.508. The van der Waals surface area contributed by atoms with Gasteiger partial charge in [-0.15, -0.1) is 0 Å². The quantitative estimate of drug-likeness (QED) is 0.0165. The van der Waals surface area contributed by atoms with E-state index in [1.807, 2.05) is 49.5 Å². The van der Waals surface area contributed by atoms with Crippen LogP contribution >= 0.6 is 15.9 Å². The second kappa shape index (κ2) is 31.2. The zero-order chi connectivity index (χ0) is 61.3. The van der Waals surface area contributed by atoms with E-state index in [1.165, 1.54) is 12.2 Å². The van der Waals surface area contributed by atoms with Crippen LogP contribution < -0.4 is 47.1 Å². The number of nitrogens with one attached hydrogen (secondary N) is 6. The number of ether oxygens (including phenoxy) is 5. The van der Waals surface area contributed by atoms with Crippen LogP contribution in [-0.2, 0) is 54.1 Å². The van der Waals surface area contributed by atoms with Crippen LogP contribution in [0.3, 0.4) is 0 Å². The van der Waals surface area contributed by atoms with Crippen molar-refractivity contribution in [2.24, 2.45) is 11.7 Å². The smallest absolute Gasteiger partial charge is 0.409 e. The van der Waals surface area contributed by atoms with Gasteiger partial charge in [-0.25, -0.2) is 15.0 Å². The summed E-state index contributed by atoms with van der Waals surface area (Å²) in [5.74, 6) is -2.76. The second-order valence-electron chi connectivity index (χ2n) is 21.6. The Morgan fingerprint density at radius 2 is 1.42 bits per heavy atom. The van der Waals surface area contributed by atoms with Gasteiger partial charge in [0.25, 0.3) is 17.7 Å². The number of urea groups is 1. The summed E-state index contributed by atoms with van der Waals surface area (Å²) in [6.07, 6.45) is 2.82. The van der Waals surface area contributed by atoms with Gasteiger partial charge in [0.1, 0.15) is 23.5 Å². The number of halogens is 1. The van der Waals surface area contributed by atoms with Gasteiger partial charge in [-0.2, -0.15) is 0 Å². The van der Waals surface area contributed by atoms with Gasteiger partial charge in [-0.05, 0) is 66.9 Å². The highest BCUT2D eigenvalue weighted by atomic mass is 79.9. The molecule has 3 aromatic carbocycles. The molecule has 0 unspecified atom stereocenters. The molecule has 26 nitrogen and oxygen atoms in total. The predicted octanol–water partition coefficient (Wildman–Crippen LogP) is 2.56. The van der Waals surface area contributed by atoms with Gasteiger partial charge in [0, 0.05) is 117 Å². The number of carbonyl (C=O) groups excluding carboxylic acids is 9. The van der Waals surface area contributed by atoms with E-state index in [2.05, 4.69) is 52.6 Å². The van der Waals surface area contributed by atoms with Gasteiger partial charge in [-0.1, -0.05) is 54.0 Å². The minimum absolute atomic E-state index is 0.00386. The largest absolute Gasteiger partial charge is 0.415 e. The lowest BCUT2D eigenvalue weighted by Crippen LogP contribution is -2.58. The molecule has 1 fully saturated rings. The highest BCUT2D eigenvalue weighted by Crippen LogP contribution is 2.47. The molecule has 8 rings (SSSR count). The zero-order valence-electron chi connectivity index (χ0n) is 48.8. The molecule has 8 N–H and O–H groups in total. The van der Waals surface area contributed by atoms with E-state index in [1.54, 1.807) is 34.6 Å². The average Bonchev–Trinajstić information content (AvgIpc) is 2.53. The minimum Gasteiger partial charge on any atom is -0.409 e. The summed E-state index contributed by atoms with van der Waals surface area (Å²) < 4.78 is 28.1. The van der Waals surface area contributed by atoms with Gasteiger partial charge < -0.3 is 70.0 Å². The molecule has 3 atom stereocenters. The monoisotopic (exact) mass is 1260 g/mol. The summed E-state index contributed by atoms with van der Waals surface area (Å²) in [6, 6.07) is 12.3. The lowest BCUT2D eigenvalue weighted by atomic mass is 9.95. The number of benzene rings is 3. The van der Waals surface area contributed by atoms with E-state index in [9.17, 15) is 43.2 Å². The number of hydrogen-bond acceptors (Lipinski definition) is 16. The Bertz CT molecular complexity index is 3130. The summed E-state index contributed by atoms with van der Waals surface area (Å²) in [7, 11) is 2.02. The molecule has 4 aromatic rings. The number of alkyl halides is 1. The molecule has 5 heterocycles. The van der Waals surface area contributed by atoms with Crippen LogP contribution in [0.25, 0.3) is 21.7 Å². The molecule has 10 amide bonds. The number of fused-ring (bicyclic) bond motifs is 6. The standard InChI is InChI=1S/C59H77BrN12O14/c1-37(2)54(67-66-50(74)16-25-82-27-29-84-31-32-85-30-28-83-26-18-62-49(73)15-20-71-51(75)12-13-52(71)76)55(77)65-44(9-6-17-63-58(61)80)56(78)70-19-14-39-42-33-45(64-43(42)10-11-46(39)70)57(79)72-36-38(35-60)53-41-8-5-4-7-40(41)48(34-47(53)72)86-59(81)69-23-21-68(3)22-24-69/h4-5,7-8,10-13,33-34,37-38,44,54,64,67H,6,9,14-32,35-36H2,1-3H3,(H,62,73)(H,65,77)(H,66,74)(H3,61,63,80)/t38-,44+,54+/m1/s1. The van der Waals surface area contributed by atoms with E-state index < -0.39 is 47.8 Å². The maximum atomic E-state index is 14.8. The van der Waals surface area contributed by atoms with Crippen LogP contribution in [0, 0.1) is 5.92 Å². The third-order valence-corrected chi connectivity index (χ3v) is 16.1. The normalized spacial score (nSPS) is 16.5. The fourth-order valence-electron chi connectivity index (χ4n) is 10.7. The van der Waals surface area contributed by atoms with E-state index in [0.29, 0.717) is 99.1 Å². The van der Waals surface area contributed by atoms with Crippen LogP contribution in [0.2, 0.25) is 0 Å². The number of primary amides is 1. The lowest BCUT2D eigenvalue weighted by molar-refractivity contribution is -0.137. The molecule has 0 bridgehead atoms. The highest BCUT2D eigenvalue weighted by molar-refractivity contribution is 9.09. The molecule has 86 heavy (non-hydrogen) atoms. The van der Waals surface area contributed by atoms with Gasteiger partial charge in [0.15, 0.2) is 0 Å². The van der Waals surface area contributed by atoms with Gasteiger partial charge in [0.05, 0.1) is 65.0 Å². The molecular weight excluding hydrogens is 1180 g/mol. The number of imide groups is 1. The molecular formula is C59H77BrN12O14. The first-order valence-electron chi connectivity index (χ1n) is 29.1. The first-order valence-corrected chi connectivity index (χ1v) is 30.2. The highest BCUT2D eigenvalue weighted by Gasteiger charge is 2.38. The van der Waals surface area contributed by atoms with E-state index in [4.69, 9.17) is 29.4 Å². The molecule has 27 heteroatoms. The number of hydrazine groups is 1. The van der Waals surface area contributed by atoms with Crippen LogP contribution in [0.15, 0.2) is 60.7 Å². The molecule has 1 aromatic heterocycles. The number of rotatable bonds is 31. The molecule has 0 saturated carbocycles. The van der Waals surface area contributed by atoms with Crippen LogP contribution in [0.1, 0.15) is 67.1 Å².